The first-order valence-corrected chi connectivity index (χ1v) is 9.61. The number of hydrogen-bond acceptors (Lipinski definition) is 3. The maximum absolute atomic E-state index is 12.6. The van der Waals surface area contributed by atoms with Crippen LogP contribution in [0, 0.1) is 0 Å². The van der Waals surface area contributed by atoms with E-state index in [1.165, 1.54) is 5.56 Å². The van der Waals surface area contributed by atoms with Gasteiger partial charge in [0.2, 0.25) is 5.91 Å². The molecule has 1 aliphatic heterocycles. The van der Waals surface area contributed by atoms with Crippen molar-refractivity contribution in [1.82, 2.24) is 0 Å². The highest BCUT2D eigenvalue weighted by Gasteiger charge is 2.35. The summed E-state index contributed by atoms with van der Waals surface area (Å²) in [5.74, 6) is 1.16. The number of halogens is 1. The van der Waals surface area contributed by atoms with Gasteiger partial charge in [-0.15, -0.1) is 11.8 Å². The second kappa shape index (κ2) is 6.93. The molecular formula is C20H22ClNO2S. The van der Waals surface area contributed by atoms with Crippen LogP contribution in [0.5, 0.6) is 5.75 Å². The number of ether oxygens (including phenoxy) is 1. The summed E-state index contributed by atoms with van der Waals surface area (Å²) in [5.41, 5.74) is 3.20. The Labute approximate surface area is 158 Å². The zero-order valence-corrected chi connectivity index (χ0v) is 16.4. The monoisotopic (exact) mass is 375 g/mol. The van der Waals surface area contributed by atoms with Crippen LogP contribution in [0.1, 0.15) is 37.3 Å². The molecule has 3 rings (SSSR count). The summed E-state index contributed by atoms with van der Waals surface area (Å²) in [5, 5.41) is 0.510. The first-order valence-electron chi connectivity index (χ1n) is 8.19. The number of benzene rings is 2. The fourth-order valence-corrected chi connectivity index (χ4v) is 4.27. The largest absolute Gasteiger partial charge is 0.495 e. The molecule has 1 aliphatic rings. The molecule has 25 heavy (non-hydrogen) atoms. The topological polar surface area (TPSA) is 29.5 Å². The molecule has 1 atom stereocenters. The van der Waals surface area contributed by atoms with Gasteiger partial charge in [0.25, 0.3) is 0 Å². The third kappa shape index (κ3) is 3.65. The van der Waals surface area contributed by atoms with Gasteiger partial charge in [-0.05, 0) is 34.7 Å². The van der Waals surface area contributed by atoms with E-state index in [0.29, 0.717) is 16.5 Å². The molecule has 0 aliphatic carbocycles. The number of rotatable bonds is 3. The molecule has 5 heteroatoms. The molecule has 0 aromatic heterocycles. The first-order chi connectivity index (χ1) is 11.8. The van der Waals surface area contributed by atoms with E-state index in [4.69, 9.17) is 16.3 Å². The van der Waals surface area contributed by atoms with Gasteiger partial charge >= 0.3 is 0 Å². The van der Waals surface area contributed by atoms with E-state index in [2.05, 4.69) is 45.0 Å². The SMILES string of the molecule is COc1ccc(Cl)cc1N1C(=O)CS[C@H]1c1ccc(C(C)(C)C)cc1. The van der Waals surface area contributed by atoms with Crippen LogP contribution < -0.4 is 9.64 Å². The van der Waals surface area contributed by atoms with Gasteiger partial charge in [0, 0.05) is 5.02 Å². The van der Waals surface area contributed by atoms with E-state index in [9.17, 15) is 4.79 Å². The van der Waals surface area contributed by atoms with E-state index < -0.39 is 0 Å². The van der Waals surface area contributed by atoms with Gasteiger partial charge in [0.15, 0.2) is 0 Å². The Kier molecular flexibility index (Phi) is 5.03. The fraction of sp³-hybridized carbons (Fsp3) is 0.350. The van der Waals surface area contributed by atoms with Gasteiger partial charge < -0.3 is 4.74 Å². The molecule has 0 bridgehead atoms. The summed E-state index contributed by atoms with van der Waals surface area (Å²) >= 11 is 7.79. The summed E-state index contributed by atoms with van der Waals surface area (Å²) in [6.45, 7) is 6.58. The van der Waals surface area contributed by atoms with Crippen molar-refractivity contribution in [3.05, 3.63) is 58.6 Å². The summed E-state index contributed by atoms with van der Waals surface area (Å²) in [6.07, 6.45) is 0. The van der Waals surface area contributed by atoms with Gasteiger partial charge in [-0.2, -0.15) is 0 Å². The number of carbonyl (C=O) groups is 1. The molecule has 1 saturated heterocycles. The Bertz CT molecular complexity index is 783. The molecule has 0 N–H and O–H groups in total. The number of methoxy groups -OCH3 is 1. The van der Waals surface area contributed by atoms with Crippen molar-refractivity contribution < 1.29 is 9.53 Å². The lowest BCUT2D eigenvalue weighted by Crippen LogP contribution is -2.28. The minimum atomic E-state index is -0.0751. The van der Waals surface area contributed by atoms with Crippen LogP contribution in [0.25, 0.3) is 0 Å². The molecule has 0 unspecified atom stereocenters. The predicted octanol–water partition coefficient (Wildman–Crippen LogP) is 5.42. The van der Waals surface area contributed by atoms with Crippen LogP contribution in [-0.2, 0) is 10.2 Å². The normalized spacial score (nSPS) is 17.9. The van der Waals surface area contributed by atoms with Crippen molar-refractivity contribution in [2.75, 3.05) is 17.8 Å². The minimum absolute atomic E-state index is 0.0652. The second-order valence-electron chi connectivity index (χ2n) is 7.12. The first kappa shape index (κ1) is 18.2. The molecule has 2 aromatic rings. The van der Waals surface area contributed by atoms with Gasteiger partial charge in [-0.3, -0.25) is 9.69 Å². The van der Waals surface area contributed by atoms with E-state index in [0.717, 1.165) is 11.3 Å². The summed E-state index contributed by atoms with van der Waals surface area (Å²) in [7, 11) is 1.60. The van der Waals surface area contributed by atoms with Crippen LogP contribution in [0.15, 0.2) is 42.5 Å². The molecular weight excluding hydrogens is 354 g/mol. The Morgan fingerprint density at radius 3 is 2.44 bits per heavy atom. The second-order valence-corrected chi connectivity index (χ2v) is 8.62. The van der Waals surface area contributed by atoms with E-state index in [-0.39, 0.29) is 16.7 Å². The number of hydrogen-bond donors (Lipinski definition) is 0. The maximum atomic E-state index is 12.6. The zero-order chi connectivity index (χ0) is 18.2. The number of nitrogens with zero attached hydrogens (tertiary/aromatic N) is 1. The molecule has 1 fully saturated rings. The third-order valence-corrected chi connectivity index (χ3v) is 5.78. The number of thioether (sulfide) groups is 1. The van der Waals surface area contributed by atoms with Crippen molar-refractivity contribution in [3.8, 4) is 5.75 Å². The summed E-state index contributed by atoms with van der Waals surface area (Å²) in [6, 6.07) is 13.9. The molecule has 1 amide bonds. The maximum Gasteiger partial charge on any atom is 0.238 e. The Morgan fingerprint density at radius 2 is 1.84 bits per heavy atom. The summed E-state index contributed by atoms with van der Waals surface area (Å²) < 4.78 is 5.45. The molecule has 0 saturated carbocycles. The number of carbonyl (C=O) groups excluding carboxylic acids is 1. The van der Waals surface area contributed by atoms with Gasteiger partial charge in [0.1, 0.15) is 11.1 Å². The van der Waals surface area contributed by atoms with Crippen molar-refractivity contribution in [2.24, 2.45) is 0 Å². The third-order valence-electron chi connectivity index (χ3n) is 4.33. The van der Waals surface area contributed by atoms with Crippen molar-refractivity contribution in [3.63, 3.8) is 0 Å². The highest BCUT2D eigenvalue weighted by Crippen LogP contribution is 2.45. The van der Waals surface area contributed by atoms with E-state index in [1.807, 2.05) is 0 Å². The quantitative estimate of drug-likeness (QED) is 0.716. The molecule has 0 spiro atoms. The molecule has 0 radical (unpaired) electrons. The lowest BCUT2D eigenvalue weighted by atomic mass is 9.86. The minimum Gasteiger partial charge on any atom is -0.495 e. The average Bonchev–Trinajstić information content (AvgIpc) is 2.95. The molecule has 1 heterocycles. The summed E-state index contributed by atoms with van der Waals surface area (Å²) in [4.78, 5) is 14.4. The lowest BCUT2D eigenvalue weighted by Gasteiger charge is -2.27. The van der Waals surface area contributed by atoms with Crippen LogP contribution >= 0.6 is 23.4 Å². The van der Waals surface area contributed by atoms with Gasteiger partial charge in [0.05, 0.1) is 18.6 Å². The van der Waals surface area contributed by atoms with Crippen molar-refractivity contribution in [1.29, 1.82) is 0 Å². The van der Waals surface area contributed by atoms with E-state index >= 15 is 0 Å². The van der Waals surface area contributed by atoms with Crippen LogP contribution in [0.3, 0.4) is 0 Å². The fourth-order valence-electron chi connectivity index (χ4n) is 2.93. The van der Waals surface area contributed by atoms with Gasteiger partial charge in [-0.1, -0.05) is 56.6 Å². The highest BCUT2D eigenvalue weighted by molar-refractivity contribution is 8.00. The molecule has 132 valence electrons. The average molecular weight is 376 g/mol. The van der Waals surface area contributed by atoms with Crippen LogP contribution in [0.2, 0.25) is 5.02 Å². The van der Waals surface area contributed by atoms with Crippen LogP contribution in [0.4, 0.5) is 5.69 Å². The molecule has 3 nitrogen and oxygen atoms in total. The van der Waals surface area contributed by atoms with E-state index in [1.54, 1.807) is 42.0 Å². The van der Waals surface area contributed by atoms with Gasteiger partial charge in [-0.25, -0.2) is 0 Å². The lowest BCUT2D eigenvalue weighted by molar-refractivity contribution is -0.115. The Morgan fingerprint density at radius 1 is 1.16 bits per heavy atom. The highest BCUT2D eigenvalue weighted by atomic mass is 35.5. The Hall–Kier alpha value is -1.65. The smallest absolute Gasteiger partial charge is 0.238 e. The van der Waals surface area contributed by atoms with Crippen LogP contribution in [-0.4, -0.2) is 18.8 Å². The number of anilines is 1. The molecule has 2 aromatic carbocycles. The standard InChI is InChI=1S/C20H22ClNO2S/c1-20(2,3)14-7-5-13(6-8-14)19-22(18(23)12-25-19)16-11-15(21)9-10-17(16)24-4/h5-11,19H,12H2,1-4H3/t19-/m0/s1. The predicted molar refractivity (Wildman–Crippen MR) is 106 cm³/mol. The zero-order valence-electron chi connectivity index (χ0n) is 14.9. The Balaban J connectivity index is 1.99. The number of amides is 1. The van der Waals surface area contributed by atoms with Crippen molar-refractivity contribution in [2.45, 2.75) is 31.6 Å². The van der Waals surface area contributed by atoms with Crippen molar-refractivity contribution >= 4 is 35.0 Å².